The van der Waals surface area contributed by atoms with Gasteiger partial charge in [-0.2, -0.15) is 0 Å². The van der Waals surface area contributed by atoms with E-state index in [0.29, 0.717) is 16.1 Å². The maximum absolute atomic E-state index is 12.7. The highest BCUT2D eigenvalue weighted by Gasteiger charge is 2.24. The molecule has 0 radical (unpaired) electrons. The van der Waals surface area contributed by atoms with Crippen LogP contribution in [0, 0.1) is 69.2 Å². The fourth-order valence-corrected chi connectivity index (χ4v) is 11.6. The maximum Gasteiger partial charge on any atom is 0.265 e. The molecule has 3 aliphatic rings. The van der Waals surface area contributed by atoms with E-state index in [1.54, 1.807) is 12.1 Å². The van der Waals surface area contributed by atoms with Crippen molar-refractivity contribution >= 4 is 74.8 Å². The molecule has 3 fully saturated rings. The van der Waals surface area contributed by atoms with Crippen molar-refractivity contribution in [2.24, 2.45) is 0 Å². The second-order valence-corrected chi connectivity index (χ2v) is 20.7. The number of benzene rings is 5. The van der Waals surface area contributed by atoms with Crippen molar-refractivity contribution in [3.63, 3.8) is 0 Å². The minimum absolute atomic E-state index is 0.0163. The van der Waals surface area contributed by atoms with Crippen LogP contribution in [0.4, 0.5) is 34.1 Å². The molecule has 3 amide bonds. The first kappa shape index (κ1) is 51.7. The summed E-state index contributed by atoms with van der Waals surface area (Å²) in [6.07, 6.45) is 7.46. The van der Waals surface area contributed by atoms with E-state index >= 15 is 0 Å². The normalized spacial score (nSPS) is 14.2. The molecular formula is C59H71ClN6O3S. The van der Waals surface area contributed by atoms with Gasteiger partial charge in [-0.25, -0.2) is 0 Å². The number of hydrogen-bond donors (Lipinski definition) is 3. The summed E-state index contributed by atoms with van der Waals surface area (Å²) in [5.41, 5.74) is 19.6. The molecule has 0 spiro atoms. The molecule has 3 aliphatic heterocycles. The second kappa shape index (κ2) is 23.2. The molecule has 6 aromatic rings. The zero-order chi connectivity index (χ0) is 50.2. The Hall–Kier alpha value is -6.10. The molecule has 0 unspecified atom stereocenters. The highest BCUT2D eigenvalue weighted by atomic mass is 35.5. The second-order valence-electron chi connectivity index (χ2n) is 19.3. The first-order chi connectivity index (χ1) is 33.5. The lowest BCUT2D eigenvalue weighted by molar-refractivity contribution is 0.101. The van der Waals surface area contributed by atoms with E-state index in [9.17, 15) is 14.4 Å². The highest BCUT2D eigenvalue weighted by Crippen LogP contribution is 2.38. The van der Waals surface area contributed by atoms with E-state index in [0.717, 1.165) is 89.0 Å². The Balaban J connectivity index is 0.000000155. The van der Waals surface area contributed by atoms with Gasteiger partial charge in [0.05, 0.1) is 15.5 Å². The molecule has 368 valence electrons. The van der Waals surface area contributed by atoms with Gasteiger partial charge in [0.15, 0.2) is 0 Å². The van der Waals surface area contributed by atoms with E-state index in [2.05, 4.69) is 104 Å². The third-order valence-electron chi connectivity index (χ3n) is 13.9. The van der Waals surface area contributed by atoms with E-state index in [-0.39, 0.29) is 17.7 Å². The molecule has 70 heavy (non-hydrogen) atoms. The van der Waals surface area contributed by atoms with Gasteiger partial charge in [0.1, 0.15) is 0 Å². The van der Waals surface area contributed by atoms with Gasteiger partial charge in [-0.1, -0.05) is 65.7 Å². The monoisotopic (exact) mass is 978 g/mol. The lowest BCUT2D eigenvalue weighted by atomic mass is 10.0. The van der Waals surface area contributed by atoms with Crippen molar-refractivity contribution in [3.05, 3.63) is 161 Å². The number of anilines is 6. The molecule has 5 aromatic carbocycles. The van der Waals surface area contributed by atoms with Crippen molar-refractivity contribution in [3.8, 4) is 0 Å². The van der Waals surface area contributed by atoms with Gasteiger partial charge in [0.2, 0.25) is 0 Å². The average Bonchev–Trinajstić information content (AvgIpc) is 4.19. The number of nitrogens with zero attached hydrogens (tertiary/aromatic N) is 3. The SMILES string of the molecule is Cc1cc(C)c(N2CCCC2)c(C)c1NC(=O)c1ccccc1Cl.Cc1cc(C)c(N2CCCC2)c(C)c1NC(=O)c1cccs1.Cc1cccc(C(=O)Nc2c(C)cc(C)c(N3CCCC3)c2C)c1. The number of amides is 3. The number of halogens is 1. The number of carbonyl (C=O) groups is 3. The zero-order valence-electron chi connectivity index (χ0n) is 42.9. The van der Waals surface area contributed by atoms with Crippen molar-refractivity contribution in [2.75, 3.05) is 69.9 Å². The van der Waals surface area contributed by atoms with Gasteiger partial charge in [-0.15, -0.1) is 11.3 Å². The minimum Gasteiger partial charge on any atom is -0.371 e. The first-order valence-electron chi connectivity index (χ1n) is 24.9. The van der Waals surface area contributed by atoms with Crippen LogP contribution in [0.2, 0.25) is 5.02 Å². The van der Waals surface area contributed by atoms with Crippen LogP contribution in [0.25, 0.3) is 0 Å². The maximum atomic E-state index is 12.7. The molecular weight excluding hydrogens is 908 g/mol. The van der Waals surface area contributed by atoms with Crippen LogP contribution in [0.5, 0.6) is 0 Å². The van der Waals surface area contributed by atoms with Crippen LogP contribution in [0.1, 0.15) is 125 Å². The Bertz CT molecular complexity index is 2860. The lowest BCUT2D eigenvalue weighted by Crippen LogP contribution is -2.22. The topological polar surface area (TPSA) is 97.0 Å². The van der Waals surface area contributed by atoms with Crippen LogP contribution in [0.15, 0.2) is 84.2 Å². The summed E-state index contributed by atoms with van der Waals surface area (Å²) in [6.45, 7) is 27.6. The molecule has 1 aromatic heterocycles. The Kier molecular flexibility index (Phi) is 17.2. The van der Waals surface area contributed by atoms with Crippen molar-refractivity contribution in [1.82, 2.24) is 0 Å². The van der Waals surface area contributed by atoms with Crippen LogP contribution in [-0.2, 0) is 0 Å². The summed E-state index contributed by atoms with van der Waals surface area (Å²) in [6, 6.07) is 25.2. The quantitative estimate of drug-likeness (QED) is 0.134. The van der Waals surface area contributed by atoms with Crippen molar-refractivity contribution < 1.29 is 14.4 Å². The van der Waals surface area contributed by atoms with Gasteiger partial charge in [-0.3, -0.25) is 14.4 Å². The molecule has 0 atom stereocenters. The number of nitrogens with one attached hydrogen (secondary N) is 3. The summed E-state index contributed by atoms with van der Waals surface area (Å²) in [5.74, 6) is -0.221. The molecule has 9 rings (SSSR count). The van der Waals surface area contributed by atoms with E-state index < -0.39 is 0 Å². The lowest BCUT2D eigenvalue weighted by Gasteiger charge is -2.26. The van der Waals surface area contributed by atoms with Crippen LogP contribution in [-0.4, -0.2) is 57.0 Å². The Morgan fingerprint density at radius 2 is 0.871 bits per heavy atom. The molecule has 9 nitrogen and oxygen atoms in total. The fourth-order valence-electron chi connectivity index (χ4n) is 10.8. The molecule has 11 heteroatoms. The Morgan fingerprint density at radius 1 is 0.457 bits per heavy atom. The summed E-state index contributed by atoms with van der Waals surface area (Å²) in [5, 5.41) is 11.7. The van der Waals surface area contributed by atoms with Crippen LogP contribution >= 0.6 is 22.9 Å². The molecule has 0 bridgehead atoms. The Morgan fingerprint density at radius 3 is 1.27 bits per heavy atom. The van der Waals surface area contributed by atoms with Gasteiger partial charge in [0, 0.05) is 79.0 Å². The zero-order valence-corrected chi connectivity index (χ0v) is 44.5. The molecule has 0 saturated carbocycles. The van der Waals surface area contributed by atoms with Crippen molar-refractivity contribution in [1.29, 1.82) is 0 Å². The van der Waals surface area contributed by atoms with Gasteiger partial charge < -0.3 is 30.7 Å². The number of aryl methyl sites for hydroxylation is 7. The third-order valence-corrected chi connectivity index (χ3v) is 15.1. The predicted octanol–water partition coefficient (Wildman–Crippen LogP) is 14.4. The summed E-state index contributed by atoms with van der Waals surface area (Å²) in [7, 11) is 0. The standard InChI is InChI=1S/C21H26N2O.C20H23ClN2O.C18H22N2OS/c1-14-8-7-9-18(12-14)21(24)22-19-15(2)13-16(3)20(17(19)4)23-10-5-6-11-23;1-13-12-14(2)19(23-10-6-7-11-23)15(3)18(13)22-20(24)16-8-4-5-9-17(16)21;1-12-11-13(2)17(20-8-4-5-9-20)14(3)16(12)19-18(21)15-7-6-10-22-15/h7-9,12-13H,5-6,10-11H2,1-4H3,(H,22,24);4-5,8-9,12H,6-7,10-11H2,1-3H3,(H,22,24);6-7,10-11H,4-5,8-9H2,1-3H3,(H,19,21). The number of carbonyl (C=O) groups excluding carboxylic acids is 3. The summed E-state index contributed by atoms with van der Waals surface area (Å²) < 4.78 is 0. The van der Waals surface area contributed by atoms with Gasteiger partial charge in [0.25, 0.3) is 17.7 Å². The first-order valence-corrected chi connectivity index (χ1v) is 26.2. The highest BCUT2D eigenvalue weighted by molar-refractivity contribution is 7.12. The van der Waals surface area contributed by atoms with Crippen LogP contribution < -0.4 is 30.7 Å². The smallest absolute Gasteiger partial charge is 0.265 e. The van der Waals surface area contributed by atoms with Gasteiger partial charge in [-0.05, 0) is 194 Å². The molecule has 0 aliphatic carbocycles. The average molecular weight is 980 g/mol. The molecule has 3 saturated heterocycles. The van der Waals surface area contributed by atoms with Crippen molar-refractivity contribution in [2.45, 2.75) is 108 Å². The summed E-state index contributed by atoms with van der Waals surface area (Å²) >= 11 is 7.63. The third kappa shape index (κ3) is 11.9. The minimum atomic E-state index is -0.164. The summed E-state index contributed by atoms with van der Waals surface area (Å²) in [4.78, 5) is 45.8. The fraction of sp³-hybridized carbons (Fsp3) is 0.373. The predicted molar refractivity (Wildman–Crippen MR) is 297 cm³/mol. The number of hydrogen-bond acceptors (Lipinski definition) is 7. The molecule has 4 heterocycles. The number of thiophene rings is 1. The number of rotatable bonds is 9. The largest absolute Gasteiger partial charge is 0.371 e. The Labute approximate surface area is 425 Å². The van der Waals surface area contributed by atoms with Crippen LogP contribution in [0.3, 0.4) is 0 Å². The van der Waals surface area contributed by atoms with E-state index in [4.69, 9.17) is 11.6 Å². The molecule has 3 N–H and O–H groups in total. The van der Waals surface area contributed by atoms with E-state index in [1.807, 2.05) is 67.8 Å². The van der Waals surface area contributed by atoms with Gasteiger partial charge >= 0.3 is 0 Å². The van der Waals surface area contributed by atoms with E-state index in [1.165, 1.54) is 94.7 Å².